The van der Waals surface area contributed by atoms with Crippen LogP contribution in [0.3, 0.4) is 0 Å². The number of hydrogen-bond acceptors (Lipinski definition) is 10. The largest absolute Gasteiger partial charge is 0.383 e. The summed E-state index contributed by atoms with van der Waals surface area (Å²) in [6.07, 6.45) is 3.30. The van der Waals surface area contributed by atoms with Gasteiger partial charge in [0.25, 0.3) is 0 Å². The highest BCUT2D eigenvalue weighted by molar-refractivity contribution is 5.84. The summed E-state index contributed by atoms with van der Waals surface area (Å²) in [6, 6.07) is 29.4. The minimum atomic E-state index is 0.377. The van der Waals surface area contributed by atoms with Gasteiger partial charge in [-0.3, -0.25) is 9.47 Å². The van der Waals surface area contributed by atoms with Gasteiger partial charge >= 0.3 is 0 Å². The predicted molar refractivity (Wildman–Crippen MR) is 171 cm³/mol. The molecule has 0 spiro atoms. The number of aromatic nitrogens is 6. The lowest BCUT2D eigenvalue weighted by Gasteiger charge is -2.34. The average molecular weight is 590 g/mol. The molecule has 1 aliphatic rings. The lowest BCUT2D eigenvalue weighted by atomic mass is 10.1. The Labute approximate surface area is 259 Å². The van der Waals surface area contributed by atoms with Crippen molar-refractivity contribution >= 4 is 22.9 Å². The van der Waals surface area contributed by atoms with E-state index in [1.807, 2.05) is 47.0 Å². The van der Waals surface area contributed by atoms with Gasteiger partial charge < -0.3 is 10.6 Å². The second-order valence-electron chi connectivity index (χ2n) is 10.7. The number of anilines is 2. The number of hydrogen-bond donors (Lipinski definition) is 1. The number of fused-ring (bicyclic) bond motifs is 1. The number of nitriles is 2. The fourth-order valence-corrected chi connectivity index (χ4v) is 5.58. The van der Waals surface area contributed by atoms with Crippen molar-refractivity contribution in [3.8, 4) is 40.5 Å². The van der Waals surface area contributed by atoms with Crippen LogP contribution in [-0.4, -0.2) is 60.6 Å². The summed E-state index contributed by atoms with van der Waals surface area (Å²) in [5.74, 6) is 1.64. The molecule has 0 aliphatic carbocycles. The molecular formula is C34H27N11. The van der Waals surface area contributed by atoms with Crippen LogP contribution in [0.5, 0.6) is 0 Å². The van der Waals surface area contributed by atoms with Crippen LogP contribution in [0.1, 0.15) is 16.8 Å². The summed E-state index contributed by atoms with van der Waals surface area (Å²) in [5, 5.41) is 18.6. The van der Waals surface area contributed by atoms with Crippen LogP contribution in [-0.2, 0) is 6.54 Å². The van der Waals surface area contributed by atoms with E-state index in [0.717, 1.165) is 60.7 Å². The Kier molecular flexibility index (Phi) is 7.28. The highest BCUT2D eigenvalue weighted by Crippen LogP contribution is 2.32. The van der Waals surface area contributed by atoms with Gasteiger partial charge in [0.1, 0.15) is 23.1 Å². The van der Waals surface area contributed by atoms with E-state index in [1.165, 1.54) is 5.56 Å². The van der Waals surface area contributed by atoms with Gasteiger partial charge in [-0.1, -0.05) is 24.3 Å². The first-order chi connectivity index (χ1) is 22.1. The number of imidazole rings is 1. The summed E-state index contributed by atoms with van der Waals surface area (Å²) in [5.41, 5.74) is 13.1. The van der Waals surface area contributed by atoms with Crippen LogP contribution < -0.4 is 10.6 Å². The van der Waals surface area contributed by atoms with E-state index in [-0.39, 0.29) is 0 Å². The average Bonchev–Trinajstić information content (AvgIpc) is 3.48. The van der Waals surface area contributed by atoms with Crippen LogP contribution in [0.2, 0.25) is 0 Å². The van der Waals surface area contributed by atoms with Crippen LogP contribution in [0, 0.1) is 22.7 Å². The van der Waals surface area contributed by atoms with Crippen molar-refractivity contribution in [1.29, 1.82) is 10.5 Å². The van der Waals surface area contributed by atoms with Crippen molar-refractivity contribution in [3.05, 3.63) is 108 Å². The second-order valence-corrected chi connectivity index (χ2v) is 10.7. The van der Waals surface area contributed by atoms with Crippen molar-refractivity contribution in [2.45, 2.75) is 6.54 Å². The Bertz CT molecular complexity index is 2100. The van der Waals surface area contributed by atoms with Gasteiger partial charge in [-0.25, -0.2) is 24.9 Å². The molecule has 1 aliphatic heterocycles. The van der Waals surface area contributed by atoms with E-state index < -0.39 is 0 Å². The molecule has 0 bridgehead atoms. The minimum absolute atomic E-state index is 0.377. The maximum atomic E-state index is 9.41. The SMILES string of the molecule is N#Cc1cccc(-c2ccc3nc(-c4cccnc4N)n(-c4ccc(CN5CCN(c6nccc(C#N)n6)CC5)cc4)c3n2)c1. The topological polar surface area (TPSA) is 149 Å². The van der Waals surface area contributed by atoms with E-state index in [1.54, 1.807) is 24.5 Å². The maximum Gasteiger partial charge on any atom is 0.226 e. The van der Waals surface area contributed by atoms with Crippen LogP contribution in [0.25, 0.3) is 39.5 Å². The zero-order valence-corrected chi connectivity index (χ0v) is 24.2. The molecule has 0 radical (unpaired) electrons. The van der Waals surface area contributed by atoms with Gasteiger partial charge in [0.05, 0.1) is 22.9 Å². The number of nitrogen functional groups attached to an aromatic ring is 1. The number of rotatable bonds is 6. The van der Waals surface area contributed by atoms with Crippen molar-refractivity contribution < 1.29 is 0 Å². The van der Waals surface area contributed by atoms with E-state index in [0.29, 0.717) is 34.5 Å². The van der Waals surface area contributed by atoms with E-state index >= 15 is 0 Å². The molecule has 2 aromatic carbocycles. The maximum absolute atomic E-state index is 9.41. The molecule has 1 saturated heterocycles. The van der Waals surface area contributed by atoms with Gasteiger partial charge in [-0.2, -0.15) is 10.5 Å². The second kappa shape index (κ2) is 11.8. The molecule has 0 unspecified atom stereocenters. The molecule has 45 heavy (non-hydrogen) atoms. The summed E-state index contributed by atoms with van der Waals surface area (Å²) >= 11 is 0. The summed E-state index contributed by atoms with van der Waals surface area (Å²) in [6.45, 7) is 4.10. The van der Waals surface area contributed by atoms with Crippen molar-refractivity contribution in [2.24, 2.45) is 0 Å². The number of benzene rings is 2. The lowest BCUT2D eigenvalue weighted by Crippen LogP contribution is -2.46. The predicted octanol–water partition coefficient (Wildman–Crippen LogP) is 4.59. The van der Waals surface area contributed by atoms with Gasteiger partial charge in [-0.05, 0) is 60.2 Å². The summed E-state index contributed by atoms with van der Waals surface area (Å²) in [4.78, 5) is 27.5. The highest BCUT2D eigenvalue weighted by Gasteiger charge is 2.21. The quantitative estimate of drug-likeness (QED) is 0.292. The van der Waals surface area contributed by atoms with E-state index in [4.69, 9.17) is 21.0 Å². The zero-order valence-electron chi connectivity index (χ0n) is 24.2. The van der Waals surface area contributed by atoms with Crippen molar-refractivity contribution in [1.82, 2.24) is 34.4 Å². The Hall–Kier alpha value is -6.17. The highest BCUT2D eigenvalue weighted by atomic mass is 15.3. The van der Waals surface area contributed by atoms with Crippen LogP contribution in [0.15, 0.2) is 91.3 Å². The molecule has 2 N–H and O–H groups in total. The fourth-order valence-electron chi connectivity index (χ4n) is 5.58. The third kappa shape index (κ3) is 5.52. The van der Waals surface area contributed by atoms with E-state index in [9.17, 15) is 5.26 Å². The first-order valence-electron chi connectivity index (χ1n) is 14.5. The number of nitrogens with zero attached hydrogens (tertiary/aromatic N) is 10. The van der Waals surface area contributed by atoms with Crippen LogP contribution >= 0.6 is 0 Å². The molecule has 6 aromatic rings. The number of nitrogens with two attached hydrogens (primary N) is 1. The molecule has 218 valence electrons. The monoisotopic (exact) mass is 589 g/mol. The molecule has 7 rings (SSSR count). The Morgan fingerprint density at radius 2 is 1.62 bits per heavy atom. The molecule has 0 amide bonds. The normalized spacial score (nSPS) is 13.4. The summed E-state index contributed by atoms with van der Waals surface area (Å²) in [7, 11) is 0. The first-order valence-corrected chi connectivity index (χ1v) is 14.5. The molecule has 0 saturated carbocycles. The van der Waals surface area contributed by atoms with Gasteiger partial charge in [0.2, 0.25) is 5.95 Å². The lowest BCUT2D eigenvalue weighted by molar-refractivity contribution is 0.248. The number of pyridine rings is 2. The van der Waals surface area contributed by atoms with E-state index in [2.05, 4.69) is 61.2 Å². The van der Waals surface area contributed by atoms with Gasteiger partial charge in [-0.15, -0.1) is 0 Å². The molecule has 11 heteroatoms. The van der Waals surface area contributed by atoms with Crippen LogP contribution in [0.4, 0.5) is 11.8 Å². The zero-order chi connectivity index (χ0) is 30.8. The standard InChI is InChI=1S/C34H27N11/c35-20-24-3-1-4-25(19-24)29-10-11-30-33(41-29)45(32(42-30)28-5-2-13-38-31(28)37)27-8-6-23(7-9-27)22-43-15-17-44(18-16-43)34-39-14-12-26(21-36)40-34/h1-14,19H,15-18,22H2,(H2,37,38). The molecule has 4 aromatic heterocycles. The summed E-state index contributed by atoms with van der Waals surface area (Å²) < 4.78 is 2.01. The van der Waals surface area contributed by atoms with Gasteiger partial charge in [0.15, 0.2) is 11.5 Å². The smallest absolute Gasteiger partial charge is 0.226 e. The Morgan fingerprint density at radius 3 is 2.40 bits per heavy atom. The van der Waals surface area contributed by atoms with Gasteiger partial charge in [0, 0.05) is 56.4 Å². The fraction of sp³-hybridized carbons (Fsp3) is 0.147. The molecular weight excluding hydrogens is 562 g/mol. The Balaban J connectivity index is 1.18. The molecule has 0 atom stereocenters. The Morgan fingerprint density at radius 1 is 0.778 bits per heavy atom. The molecule has 5 heterocycles. The molecule has 1 fully saturated rings. The molecule has 11 nitrogen and oxygen atoms in total. The third-order valence-corrected chi connectivity index (χ3v) is 7.88. The first kappa shape index (κ1) is 27.7. The minimum Gasteiger partial charge on any atom is -0.383 e. The van der Waals surface area contributed by atoms with Crippen molar-refractivity contribution in [3.63, 3.8) is 0 Å². The third-order valence-electron chi connectivity index (χ3n) is 7.88. The van der Waals surface area contributed by atoms with Crippen molar-refractivity contribution in [2.75, 3.05) is 36.8 Å². The number of piperazine rings is 1.